The van der Waals surface area contributed by atoms with E-state index in [1.165, 1.54) is 0 Å². The van der Waals surface area contributed by atoms with E-state index in [1.807, 2.05) is 66.7 Å². The van der Waals surface area contributed by atoms with Gasteiger partial charge in [-0.2, -0.15) is 0 Å². The summed E-state index contributed by atoms with van der Waals surface area (Å²) in [6.45, 7) is 9.27. The number of hydrogen-bond donors (Lipinski definition) is 1. The van der Waals surface area contributed by atoms with Gasteiger partial charge in [0.15, 0.2) is 0 Å². The third kappa shape index (κ3) is 5.78. The van der Waals surface area contributed by atoms with Crippen LogP contribution in [-0.2, 0) is 37.5 Å². The number of hydrogen-bond acceptors (Lipinski definition) is 6. The van der Waals surface area contributed by atoms with Crippen LogP contribution >= 0.6 is 0 Å². The van der Waals surface area contributed by atoms with Crippen LogP contribution in [0.3, 0.4) is 0 Å². The van der Waals surface area contributed by atoms with Crippen molar-refractivity contribution in [3.8, 4) is 5.75 Å². The summed E-state index contributed by atoms with van der Waals surface area (Å²) in [5.74, 6) is -0.622. The van der Waals surface area contributed by atoms with Crippen LogP contribution in [-0.4, -0.2) is 29.7 Å². The van der Waals surface area contributed by atoms with E-state index in [0.29, 0.717) is 16.9 Å². The molecule has 3 aromatic rings. The minimum atomic E-state index is -1.18. The quantitative estimate of drug-likeness (QED) is 0.251. The van der Waals surface area contributed by atoms with Crippen molar-refractivity contribution < 1.29 is 28.6 Å². The number of esters is 2. The fourth-order valence-corrected chi connectivity index (χ4v) is 4.39. The standard InChI is InChI=1S/C31H31NO6/c1-5-31(23-14-10-7-11-15-23)24-18-22(16-17-26(24)37-28(31)34)19-25(27(33)38-30(2,3)4)32-29(35)36-20-21-12-8-6-9-13-21/h5-18,25H,1,19-20H2,2-4H3,(H,32,35)/t25-,31?/m0/s1. The van der Waals surface area contributed by atoms with Gasteiger partial charge in [-0.25, -0.2) is 14.4 Å². The monoisotopic (exact) mass is 513 g/mol. The maximum atomic E-state index is 13.1. The van der Waals surface area contributed by atoms with Crippen LogP contribution in [0, 0.1) is 0 Å². The average molecular weight is 514 g/mol. The Morgan fingerprint density at radius 3 is 2.29 bits per heavy atom. The molecule has 7 heteroatoms. The molecule has 0 bridgehead atoms. The molecule has 0 aromatic heterocycles. The number of fused-ring (bicyclic) bond motifs is 1. The van der Waals surface area contributed by atoms with Crippen LogP contribution in [0.1, 0.15) is 43.0 Å². The van der Waals surface area contributed by atoms with Crippen molar-refractivity contribution in [1.82, 2.24) is 5.32 Å². The Labute approximate surface area is 222 Å². The molecule has 1 N–H and O–H groups in total. The molecule has 1 aliphatic rings. The van der Waals surface area contributed by atoms with Crippen LogP contribution < -0.4 is 10.1 Å². The predicted molar refractivity (Wildman–Crippen MR) is 143 cm³/mol. The van der Waals surface area contributed by atoms with E-state index in [9.17, 15) is 14.4 Å². The van der Waals surface area contributed by atoms with Gasteiger partial charge in [0.05, 0.1) is 0 Å². The molecule has 1 unspecified atom stereocenters. The molecule has 0 saturated heterocycles. The van der Waals surface area contributed by atoms with Crippen LogP contribution in [0.5, 0.6) is 5.75 Å². The summed E-state index contributed by atoms with van der Waals surface area (Å²) < 4.78 is 16.5. The highest BCUT2D eigenvalue weighted by Crippen LogP contribution is 2.45. The van der Waals surface area contributed by atoms with Gasteiger partial charge in [-0.1, -0.05) is 78.9 Å². The molecule has 1 heterocycles. The summed E-state index contributed by atoms with van der Waals surface area (Å²) in [4.78, 5) is 38.8. The van der Waals surface area contributed by atoms with Crippen molar-refractivity contribution >= 4 is 18.0 Å². The molecule has 0 aliphatic carbocycles. The lowest BCUT2D eigenvalue weighted by molar-refractivity contribution is -0.157. The van der Waals surface area contributed by atoms with Gasteiger partial charge in [-0.3, -0.25) is 0 Å². The lowest BCUT2D eigenvalue weighted by Crippen LogP contribution is -2.45. The molecular weight excluding hydrogens is 482 g/mol. The van der Waals surface area contributed by atoms with Crippen molar-refractivity contribution in [3.63, 3.8) is 0 Å². The van der Waals surface area contributed by atoms with E-state index in [1.54, 1.807) is 39.0 Å². The third-order valence-corrected chi connectivity index (χ3v) is 6.16. The summed E-state index contributed by atoms with van der Waals surface area (Å²) in [5.41, 5.74) is 0.924. The van der Waals surface area contributed by atoms with E-state index >= 15 is 0 Å². The van der Waals surface area contributed by atoms with Gasteiger partial charge in [0.1, 0.15) is 29.4 Å². The SMILES string of the molecule is C=CC1(c2ccccc2)C(=O)Oc2ccc(C[C@H](NC(=O)OCc3ccccc3)C(=O)OC(C)(C)C)cc21. The molecule has 4 rings (SSSR count). The Morgan fingerprint density at radius 2 is 1.66 bits per heavy atom. The Hall–Kier alpha value is -4.39. The molecule has 0 radical (unpaired) electrons. The predicted octanol–water partition coefficient (Wildman–Crippen LogP) is 5.26. The molecule has 0 fully saturated rings. The average Bonchev–Trinajstić information content (AvgIpc) is 3.18. The van der Waals surface area contributed by atoms with Gasteiger partial charge in [-0.05, 0) is 43.5 Å². The van der Waals surface area contributed by atoms with Crippen LogP contribution in [0.2, 0.25) is 0 Å². The Bertz CT molecular complexity index is 1330. The zero-order chi connectivity index (χ0) is 27.3. The summed E-state index contributed by atoms with van der Waals surface area (Å²) in [5, 5.41) is 2.65. The number of benzene rings is 3. The number of ether oxygens (including phenoxy) is 3. The Balaban J connectivity index is 1.60. The van der Waals surface area contributed by atoms with E-state index < -0.39 is 35.1 Å². The Morgan fingerprint density at radius 1 is 1.00 bits per heavy atom. The lowest BCUT2D eigenvalue weighted by atomic mass is 9.75. The van der Waals surface area contributed by atoms with Crippen molar-refractivity contribution in [2.75, 3.05) is 0 Å². The minimum absolute atomic E-state index is 0.0605. The van der Waals surface area contributed by atoms with Gasteiger partial charge < -0.3 is 19.5 Å². The maximum Gasteiger partial charge on any atom is 0.408 e. The normalized spacial score (nSPS) is 17.1. The van der Waals surface area contributed by atoms with E-state index in [2.05, 4.69) is 11.9 Å². The number of nitrogens with one attached hydrogen (secondary N) is 1. The van der Waals surface area contributed by atoms with Gasteiger partial charge in [-0.15, -0.1) is 6.58 Å². The first kappa shape index (κ1) is 26.7. The van der Waals surface area contributed by atoms with Gasteiger partial charge in [0, 0.05) is 12.0 Å². The molecule has 0 spiro atoms. The number of carbonyl (C=O) groups is 3. The molecule has 1 aliphatic heterocycles. The highest BCUT2D eigenvalue weighted by atomic mass is 16.6. The second kappa shape index (κ2) is 10.9. The van der Waals surface area contributed by atoms with Gasteiger partial charge in [0.2, 0.25) is 0 Å². The fourth-order valence-electron chi connectivity index (χ4n) is 4.39. The van der Waals surface area contributed by atoms with Crippen molar-refractivity contribution in [1.29, 1.82) is 0 Å². The summed E-state index contributed by atoms with van der Waals surface area (Å²) in [7, 11) is 0. The first-order valence-corrected chi connectivity index (χ1v) is 12.4. The molecular formula is C31H31NO6. The van der Waals surface area contributed by atoms with Crippen molar-refractivity contribution in [3.05, 3.63) is 114 Å². The topological polar surface area (TPSA) is 90.9 Å². The highest BCUT2D eigenvalue weighted by molar-refractivity contribution is 5.96. The second-order valence-electron chi connectivity index (χ2n) is 10.1. The molecule has 0 saturated carbocycles. The molecule has 3 aromatic carbocycles. The largest absolute Gasteiger partial charge is 0.458 e. The first-order valence-electron chi connectivity index (χ1n) is 12.4. The maximum absolute atomic E-state index is 13.1. The van der Waals surface area contributed by atoms with Crippen molar-refractivity contribution in [2.24, 2.45) is 0 Å². The summed E-state index contributed by atoms with van der Waals surface area (Å²) in [6.07, 6.45) is 0.943. The first-order chi connectivity index (χ1) is 18.1. The number of carbonyl (C=O) groups excluding carboxylic acids is 3. The van der Waals surface area contributed by atoms with Crippen LogP contribution in [0.25, 0.3) is 0 Å². The van der Waals surface area contributed by atoms with Crippen molar-refractivity contribution in [2.45, 2.75) is 50.9 Å². The zero-order valence-electron chi connectivity index (χ0n) is 21.7. The number of alkyl carbamates (subject to hydrolysis) is 1. The minimum Gasteiger partial charge on any atom is -0.458 e. The van der Waals surface area contributed by atoms with E-state index in [4.69, 9.17) is 14.2 Å². The molecule has 38 heavy (non-hydrogen) atoms. The molecule has 7 nitrogen and oxygen atoms in total. The summed E-state index contributed by atoms with van der Waals surface area (Å²) in [6, 6.07) is 22.7. The van der Waals surface area contributed by atoms with Crippen LogP contribution in [0.4, 0.5) is 4.79 Å². The van der Waals surface area contributed by atoms with E-state index in [0.717, 1.165) is 11.1 Å². The number of rotatable bonds is 8. The zero-order valence-corrected chi connectivity index (χ0v) is 21.7. The molecule has 2 atom stereocenters. The number of amides is 1. The third-order valence-electron chi connectivity index (χ3n) is 6.16. The highest BCUT2D eigenvalue weighted by Gasteiger charge is 2.48. The Kier molecular flexibility index (Phi) is 7.67. The fraction of sp³-hybridized carbons (Fsp3) is 0.258. The smallest absolute Gasteiger partial charge is 0.408 e. The van der Waals surface area contributed by atoms with E-state index in [-0.39, 0.29) is 13.0 Å². The van der Waals surface area contributed by atoms with Gasteiger partial charge in [0.25, 0.3) is 0 Å². The molecule has 196 valence electrons. The molecule has 1 amide bonds. The summed E-state index contributed by atoms with van der Waals surface area (Å²) >= 11 is 0. The van der Waals surface area contributed by atoms with Crippen LogP contribution in [0.15, 0.2) is 91.5 Å². The lowest BCUT2D eigenvalue weighted by Gasteiger charge is -2.25. The second-order valence-corrected chi connectivity index (χ2v) is 10.1. The van der Waals surface area contributed by atoms with Gasteiger partial charge >= 0.3 is 18.0 Å².